The van der Waals surface area contributed by atoms with Gasteiger partial charge >= 0.3 is 0 Å². The summed E-state index contributed by atoms with van der Waals surface area (Å²) >= 11 is 0. The van der Waals surface area contributed by atoms with E-state index in [0.29, 0.717) is 17.6 Å². The summed E-state index contributed by atoms with van der Waals surface area (Å²) in [6.07, 6.45) is 9.45. The van der Waals surface area contributed by atoms with Crippen molar-refractivity contribution < 1.29 is 9.84 Å². The zero-order chi connectivity index (χ0) is 17.7. The van der Waals surface area contributed by atoms with Gasteiger partial charge in [-0.15, -0.1) is 0 Å². The lowest BCUT2D eigenvalue weighted by Crippen LogP contribution is -2.06. The Morgan fingerprint density at radius 3 is 2.69 bits per heavy atom. The van der Waals surface area contributed by atoms with Crippen LogP contribution in [-0.2, 0) is 6.42 Å². The molecule has 1 heterocycles. The van der Waals surface area contributed by atoms with E-state index in [9.17, 15) is 5.11 Å². The quantitative estimate of drug-likeness (QED) is 0.682. The second kappa shape index (κ2) is 6.19. The topological polar surface area (TPSA) is 29.5 Å². The molecule has 1 aliphatic heterocycles. The highest BCUT2D eigenvalue weighted by Gasteiger charge is 2.31. The highest BCUT2D eigenvalue weighted by atomic mass is 16.5. The molecule has 3 aliphatic rings. The van der Waals surface area contributed by atoms with Gasteiger partial charge in [-0.1, -0.05) is 29.8 Å². The summed E-state index contributed by atoms with van der Waals surface area (Å²) in [5, 5.41) is 11.0. The average molecular weight is 346 g/mol. The number of rotatable bonds is 3. The minimum atomic E-state index is 0.372. The molecule has 26 heavy (non-hydrogen) atoms. The van der Waals surface area contributed by atoms with Crippen molar-refractivity contribution >= 4 is 0 Å². The number of aromatic hydroxyl groups is 1. The molecular weight excluding hydrogens is 320 g/mol. The molecule has 1 atom stereocenters. The fourth-order valence-electron chi connectivity index (χ4n) is 4.65. The Bertz CT molecular complexity index is 889. The number of hydrogen-bond acceptors (Lipinski definition) is 2. The van der Waals surface area contributed by atoms with Gasteiger partial charge in [0.25, 0.3) is 0 Å². The number of fused-ring (bicyclic) bond motifs is 1. The SMILES string of the molecule is CC1=CC(c2c(O)cc(-c3ccc4c(c3)OCC4)cc2C2CC2)CCC1. The lowest BCUT2D eigenvalue weighted by Gasteiger charge is -2.24. The van der Waals surface area contributed by atoms with Crippen LogP contribution in [0.2, 0.25) is 0 Å². The molecular formula is C24H26O2. The van der Waals surface area contributed by atoms with E-state index in [1.54, 1.807) is 0 Å². The van der Waals surface area contributed by atoms with Crippen molar-refractivity contribution in [3.8, 4) is 22.6 Å². The van der Waals surface area contributed by atoms with Crippen molar-refractivity contribution in [2.45, 2.75) is 57.3 Å². The Balaban J connectivity index is 1.60. The van der Waals surface area contributed by atoms with Gasteiger partial charge in [-0.2, -0.15) is 0 Å². The third-order valence-electron chi connectivity index (χ3n) is 6.18. The van der Waals surface area contributed by atoms with E-state index < -0.39 is 0 Å². The summed E-state index contributed by atoms with van der Waals surface area (Å²) in [4.78, 5) is 0. The molecule has 2 aromatic rings. The second-order valence-corrected chi connectivity index (χ2v) is 8.21. The first-order valence-corrected chi connectivity index (χ1v) is 9.99. The van der Waals surface area contributed by atoms with Gasteiger partial charge in [-0.25, -0.2) is 0 Å². The van der Waals surface area contributed by atoms with Gasteiger partial charge < -0.3 is 9.84 Å². The van der Waals surface area contributed by atoms with E-state index in [-0.39, 0.29) is 0 Å². The number of ether oxygens (including phenoxy) is 1. The molecule has 1 saturated carbocycles. The Kier molecular flexibility index (Phi) is 3.81. The Morgan fingerprint density at radius 1 is 1.00 bits per heavy atom. The van der Waals surface area contributed by atoms with Crippen molar-refractivity contribution in [1.29, 1.82) is 0 Å². The Morgan fingerprint density at radius 2 is 1.88 bits per heavy atom. The summed E-state index contributed by atoms with van der Waals surface area (Å²) < 4.78 is 5.74. The molecule has 5 rings (SSSR count). The lowest BCUT2D eigenvalue weighted by molar-refractivity contribution is 0.357. The number of hydrogen-bond donors (Lipinski definition) is 1. The van der Waals surface area contributed by atoms with E-state index in [0.717, 1.165) is 36.3 Å². The molecule has 0 aromatic heterocycles. The zero-order valence-electron chi connectivity index (χ0n) is 15.4. The third-order valence-corrected chi connectivity index (χ3v) is 6.18. The summed E-state index contributed by atoms with van der Waals surface area (Å²) in [7, 11) is 0. The number of benzene rings is 2. The van der Waals surface area contributed by atoms with Gasteiger partial charge in [0.2, 0.25) is 0 Å². The molecule has 134 valence electrons. The van der Waals surface area contributed by atoms with E-state index >= 15 is 0 Å². The fourth-order valence-corrected chi connectivity index (χ4v) is 4.65. The Labute approximate surface area is 155 Å². The predicted molar refractivity (Wildman–Crippen MR) is 105 cm³/mol. The monoisotopic (exact) mass is 346 g/mol. The van der Waals surface area contributed by atoms with Crippen molar-refractivity contribution in [1.82, 2.24) is 0 Å². The van der Waals surface area contributed by atoms with E-state index in [1.807, 2.05) is 6.07 Å². The third kappa shape index (κ3) is 2.82. The number of phenols is 1. The first-order chi connectivity index (χ1) is 12.7. The van der Waals surface area contributed by atoms with Gasteiger partial charge in [-0.3, -0.25) is 0 Å². The first-order valence-electron chi connectivity index (χ1n) is 9.99. The van der Waals surface area contributed by atoms with Gasteiger partial charge in [0, 0.05) is 17.9 Å². The van der Waals surface area contributed by atoms with Crippen LogP contribution < -0.4 is 4.74 Å². The van der Waals surface area contributed by atoms with Crippen LogP contribution in [-0.4, -0.2) is 11.7 Å². The highest BCUT2D eigenvalue weighted by molar-refractivity contribution is 5.71. The maximum atomic E-state index is 11.0. The molecule has 0 bridgehead atoms. The molecule has 2 aliphatic carbocycles. The van der Waals surface area contributed by atoms with E-state index in [2.05, 4.69) is 37.3 Å². The van der Waals surface area contributed by atoms with Crippen LogP contribution in [0.1, 0.15) is 67.6 Å². The van der Waals surface area contributed by atoms with Crippen LogP contribution in [0.4, 0.5) is 0 Å². The van der Waals surface area contributed by atoms with E-state index in [1.165, 1.54) is 47.9 Å². The van der Waals surface area contributed by atoms with Crippen LogP contribution in [0.3, 0.4) is 0 Å². The molecule has 0 saturated heterocycles. The van der Waals surface area contributed by atoms with Gasteiger partial charge in [0.05, 0.1) is 6.61 Å². The van der Waals surface area contributed by atoms with Crippen LogP contribution in [0.25, 0.3) is 11.1 Å². The minimum absolute atomic E-state index is 0.372. The smallest absolute Gasteiger partial charge is 0.123 e. The largest absolute Gasteiger partial charge is 0.508 e. The summed E-state index contributed by atoms with van der Waals surface area (Å²) in [5.41, 5.74) is 7.57. The average Bonchev–Trinajstić information content (AvgIpc) is 3.38. The minimum Gasteiger partial charge on any atom is -0.508 e. The Hall–Kier alpha value is -2.22. The van der Waals surface area contributed by atoms with Gasteiger partial charge in [0.1, 0.15) is 11.5 Å². The standard InChI is InChI=1S/C24H26O2/c1-15-3-2-4-19(11-15)24-21(16-5-6-16)12-20(13-22(24)25)18-8-7-17-9-10-26-23(17)14-18/h7-8,11-14,16,19,25H,2-6,9-10H2,1H3. The highest BCUT2D eigenvalue weighted by Crippen LogP contribution is 2.49. The molecule has 1 N–H and O–H groups in total. The van der Waals surface area contributed by atoms with Gasteiger partial charge in [0.15, 0.2) is 0 Å². The van der Waals surface area contributed by atoms with Crippen molar-refractivity contribution in [3.05, 3.63) is 58.7 Å². The molecule has 2 heteroatoms. The van der Waals surface area contributed by atoms with Crippen LogP contribution in [0.5, 0.6) is 11.5 Å². The predicted octanol–water partition coefficient (Wildman–Crippen LogP) is 6.09. The van der Waals surface area contributed by atoms with Gasteiger partial charge in [-0.05, 0) is 79.3 Å². The molecule has 0 radical (unpaired) electrons. The summed E-state index contributed by atoms with van der Waals surface area (Å²) in [6.45, 7) is 3.00. The molecule has 0 amide bonds. The lowest BCUT2D eigenvalue weighted by atomic mass is 9.81. The summed E-state index contributed by atoms with van der Waals surface area (Å²) in [6, 6.07) is 10.8. The van der Waals surface area contributed by atoms with Crippen LogP contribution in [0.15, 0.2) is 42.0 Å². The maximum absolute atomic E-state index is 11.0. The molecule has 1 fully saturated rings. The molecule has 2 nitrogen and oxygen atoms in total. The molecule has 2 aromatic carbocycles. The van der Waals surface area contributed by atoms with Crippen molar-refractivity contribution in [2.75, 3.05) is 6.61 Å². The van der Waals surface area contributed by atoms with Crippen LogP contribution in [0, 0.1) is 0 Å². The second-order valence-electron chi connectivity index (χ2n) is 8.21. The molecule has 1 unspecified atom stereocenters. The number of allylic oxidation sites excluding steroid dienone is 2. The normalized spacial score (nSPS) is 21.9. The van der Waals surface area contributed by atoms with E-state index in [4.69, 9.17) is 4.74 Å². The zero-order valence-corrected chi connectivity index (χ0v) is 15.4. The van der Waals surface area contributed by atoms with Crippen molar-refractivity contribution in [2.24, 2.45) is 0 Å². The summed E-state index contributed by atoms with van der Waals surface area (Å²) in [5.74, 6) is 2.47. The van der Waals surface area contributed by atoms with Crippen molar-refractivity contribution in [3.63, 3.8) is 0 Å². The fraction of sp³-hybridized carbons (Fsp3) is 0.417. The first kappa shape index (κ1) is 16.0. The number of phenolic OH excluding ortho intramolecular Hbond substituents is 1. The molecule has 0 spiro atoms. The van der Waals surface area contributed by atoms with Crippen LogP contribution >= 0.6 is 0 Å². The maximum Gasteiger partial charge on any atom is 0.123 e.